The van der Waals surface area contributed by atoms with Crippen molar-refractivity contribution in [2.45, 2.75) is 7.43 Å². The summed E-state index contributed by atoms with van der Waals surface area (Å²) in [6.07, 6.45) is 0. The second kappa shape index (κ2) is 430. The third kappa shape index (κ3) is 211. The van der Waals surface area contributed by atoms with Gasteiger partial charge in [0.05, 0.1) is 0 Å². The molecule has 0 atom stereocenters. The van der Waals surface area contributed by atoms with Crippen LogP contribution in [0.3, 0.4) is 0 Å². The van der Waals surface area contributed by atoms with Gasteiger partial charge in [0.15, 0.2) is 0 Å². The molecule has 3 radical (unpaired) electrons. The average molecular weight is 96.0 g/mol. The molecule has 0 aromatic heterocycles. The lowest BCUT2D eigenvalue weighted by atomic mass is 10.8. The second-order valence-electron chi connectivity index (χ2n) is 0. The van der Waals surface area contributed by atoms with Crippen molar-refractivity contribution in [1.82, 2.24) is 6.15 Å². The Labute approximate surface area is 41.9 Å². The predicted octanol–water partition coefficient (Wildman–Crippen LogP) is -0.295. The van der Waals surface area contributed by atoms with Gasteiger partial charge in [0, 0.05) is 8.41 Å². The minimum atomic E-state index is 0. The van der Waals surface area contributed by atoms with Gasteiger partial charge < -0.3 is 11.6 Å². The van der Waals surface area contributed by atoms with Gasteiger partial charge in [-0.1, -0.05) is 7.43 Å². The molecular formula is CH11BNOS. The van der Waals surface area contributed by atoms with Gasteiger partial charge in [-0.05, 0) is 0 Å². The second-order valence-corrected chi connectivity index (χ2v) is 0. The van der Waals surface area contributed by atoms with Crippen LogP contribution in [0.4, 0.5) is 0 Å². The molecule has 0 amide bonds. The maximum absolute atomic E-state index is 0. The molecule has 5 N–H and O–H groups in total. The molecule has 0 spiro atoms. The molecule has 0 saturated heterocycles. The highest BCUT2D eigenvalue weighted by Gasteiger charge is 0.0000236. The number of hydrogen-bond donors (Lipinski definition) is 1. The summed E-state index contributed by atoms with van der Waals surface area (Å²) in [6, 6.07) is 0. The highest BCUT2D eigenvalue weighted by Crippen LogP contribution is 0.648. The maximum atomic E-state index is 0. The molecule has 0 rings (SSSR count). The average Bonchev–Trinajstić information content (AvgIpc) is 0. The fraction of sp³-hybridized carbons (Fsp3) is 1.00. The van der Waals surface area contributed by atoms with E-state index >= 15 is 0 Å². The molecule has 0 unspecified atom stereocenters. The van der Waals surface area contributed by atoms with Gasteiger partial charge >= 0.3 is 0 Å². The zero-order chi connectivity index (χ0) is 0. The third-order valence-corrected chi connectivity index (χ3v) is 0. The van der Waals surface area contributed by atoms with Crippen LogP contribution in [0.15, 0.2) is 0 Å². The zero-order valence-electron chi connectivity index (χ0n) is 2.28. The molecule has 0 aliphatic carbocycles. The molecule has 0 aliphatic rings. The monoisotopic (exact) mass is 96.1 g/mol. The van der Waals surface area contributed by atoms with Gasteiger partial charge in [-0.15, -0.1) is 0 Å². The van der Waals surface area contributed by atoms with E-state index in [0.717, 1.165) is 0 Å². The Morgan fingerprint density at radius 2 is 1.00 bits per heavy atom. The Balaban J connectivity index is 0. The lowest BCUT2D eigenvalue weighted by Gasteiger charge is -0.412. The normalized spacial score (nSPS) is 0. The lowest BCUT2D eigenvalue weighted by Crippen LogP contribution is -0.481. The van der Waals surface area contributed by atoms with Gasteiger partial charge in [0.1, 0.15) is 0 Å². The van der Waals surface area contributed by atoms with Crippen LogP contribution < -0.4 is 6.15 Å². The molecular weight excluding hydrogens is 84.9 g/mol. The number of hydrogen-bond acceptors (Lipinski definition) is 1. The summed E-state index contributed by atoms with van der Waals surface area (Å²) in [4.78, 5) is 0. The summed E-state index contributed by atoms with van der Waals surface area (Å²) >= 11 is 0. The van der Waals surface area contributed by atoms with E-state index in [2.05, 4.69) is 0 Å². The van der Waals surface area contributed by atoms with Gasteiger partial charge in [-0.3, -0.25) is 0 Å². The SMILES string of the molecule is C.N.O.S.[B]. The molecule has 0 aliphatic heterocycles. The Morgan fingerprint density at radius 3 is 1.00 bits per heavy atom. The van der Waals surface area contributed by atoms with Crippen molar-refractivity contribution >= 4 is 21.9 Å². The molecule has 0 aromatic carbocycles. The molecule has 2 nitrogen and oxygen atoms in total. The summed E-state index contributed by atoms with van der Waals surface area (Å²) in [6.45, 7) is 0. The highest BCUT2D eigenvalue weighted by atomic mass is 32.1. The van der Waals surface area contributed by atoms with Crippen molar-refractivity contribution in [2.75, 3.05) is 0 Å². The van der Waals surface area contributed by atoms with E-state index < -0.39 is 0 Å². The molecule has 0 aromatic rings. The molecule has 0 fully saturated rings. The van der Waals surface area contributed by atoms with Crippen molar-refractivity contribution in [3.63, 3.8) is 0 Å². The zero-order valence-corrected chi connectivity index (χ0v) is 3.28. The van der Waals surface area contributed by atoms with Crippen LogP contribution in [0.1, 0.15) is 7.43 Å². The first-order valence-corrected chi connectivity index (χ1v) is 0. The molecule has 35 valence electrons. The van der Waals surface area contributed by atoms with Crippen molar-refractivity contribution in [2.24, 2.45) is 0 Å². The van der Waals surface area contributed by atoms with E-state index in [9.17, 15) is 0 Å². The number of rotatable bonds is 0. The van der Waals surface area contributed by atoms with Crippen LogP contribution >= 0.6 is 13.5 Å². The molecule has 0 heterocycles. The minimum Gasteiger partial charge on any atom is -0.412 e. The summed E-state index contributed by atoms with van der Waals surface area (Å²) in [7, 11) is 0. The van der Waals surface area contributed by atoms with Gasteiger partial charge in [-0.25, -0.2) is 0 Å². The summed E-state index contributed by atoms with van der Waals surface area (Å²) in [5, 5.41) is 0. The van der Waals surface area contributed by atoms with Crippen LogP contribution in [0.25, 0.3) is 0 Å². The van der Waals surface area contributed by atoms with Crippen LogP contribution in [0.5, 0.6) is 0 Å². The van der Waals surface area contributed by atoms with Crippen molar-refractivity contribution in [3.05, 3.63) is 0 Å². The van der Waals surface area contributed by atoms with Crippen molar-refractivity contribution in [1.29, 1.82) is 0 Å². The first-order chi connectivity index (χ1) is 0. The lowest BCUT2D eigenvalue weighted by molar-refractivity contribution is 0.824. The molecule has 5 heavy (non-hydrogen) atoms. The molecule has 4 heteroatoms. The molecule has 0 saturated carbocycles. The van der Waals surface area contributed by atoms with Crippen molar-refractivity contribution < 1.29 is 5.48 Å². The van der Waals surface area contributed by atoms with Crippen LogP contribution in [-0.4, -0.2) is 13.9 Å². The van der Waals surface area contributed by atoms with E-state index in [1.165, 1.54) is 0 Å². The summed E-state index contributed by atoms with van der Waals surface area (Å²) in [5.41, 5.74) is 0. The minimum absolute atomic E-state index is 0. The van der Waals surface area contributed by atoms with E-state index in [1.807, 2.05) is 0 Å². The van der Waals surface area contributed by atoms with Crippen LogP contribution in [0.2, 0.25) is 0 Å². The van der Waals surface area contributed by atoms with Gasteiger partial charge in [0.2, 0.25) is 0 Å². The third-order valence-electron chi connectivity index (χ3n) is 0. The topological polar surface area (TPSA) is 66.5 Å². The Hall–Kier alpha value is 0.335. The maximum Gasteiger partial charge on any atom is 0 e. The standard InChI is InChI=1S/CH4.B.H3N.H2O.H2S/h1H4;;1H3;2*1H2. The Kier molecular flexibility index (Phi) is 76800. The summed E-state index contributed by atoms with van der Waals surface area (Å²) in [5.74, 6) is 0. The first-order valence-electron chi connectivity index (χ1n) is 0. The van der Waals surface area contributed by atoms with Crippen LogP contribution in [0, 0.1) is 0 Å². The predicted molar refractivity (Wildman–Crippen MR) is 31.5 cm³/mol. The van der Waals surface area contributed by atoms with E-state index in [0.29, 0.717) is 0 Å². The van der Waals surface area contributed by atoms with Gasteiger partial charge in [-0.2, -0.15) is 13.5 Å². The van der Waals surface area contributed by atoms with E-state index in [-0.39, 0.29) is 41.0 Å². The van der Waals surface area contributed by atoms with Crippen LogP contribution in [-0.2, 0) is 0 Å². The van der Waals surface area contributed by atoms with E-state index in [1.54, 1.807) is 0 Å². The van der Waals surface area contributed by atoms with Gasteiger partial charge in [0.25, 0.3) is 0 Å². The fourth-order valence-electron chi connectivity index (χ4n) is 0. The highest BCUT2D eigenvalue weighted by molar-refractivity contribution is 7.59. The fourth-order valence-corrected chi connectivity index (χ4v) is 0. The van der Waals surface area contributed by atoms with Crippen molar-refractivity contribution in [3.8, 4) is 0 Å². The Morgan fingerprint density at radius 1 is 1.00 bits per heavy atom. The molecule has 0 bridgehead atoms. The largest absolute Gasteiger partial charge is 0.412 e. The summed E-state index contributed by atoms with van der Waals surface area (Å²) < 4.78 is 0. The van der Waals surface area contributed by atoms with E-state index in [4.69, 9.17) is 0 Å². The smallest absolute Gasteiger partial charge is 0 e. The quantitative estimate of drug-likeness (QED) is 0.413. The Bertz CT molecular complexity index is 11.6. The first kappa shape index (κ1) is 894.